The highest BCUT2D eigenvalue weighted by Gasteiger charge is 2.28. The largest absolute Gasteiger partial charge is 0.477 e. The first-order chi connectivity index (χ1) is 18.8. The highest BCUT2D eigenvalue weighted by molar-refractivity contribution is 6.18. The number of aromatic amines is 1. The molecular formula is C25H20F5N7O3. The molecule has 10 nitrogen and oxygen atoms in total. The fourth-order valence-corrected chi connectivity index (χ4v) is 4.62. The number of hydrogen-bond acceptors (Lipinski definition) is 7. The van der Waals surface area contributed by atoms with Crippen molar-refractivity contribution in [2.75, 3.05) is 43.3 Å². The van der Waals surface area contributed by atoms with Gasteiger partial charge in [0, 0.05) is 56.9 Å². The molecule has 15 heteroatoms. The van der Waals surface area contributed by atoms with Gasteiger partial charge in [0.15, 0.2) is 17.3 Å². The minimum atomic E-state index is -4.64. The number of carboxylic acid groups (broad SMARTS) is 1. The van der Waals surface area contributed by atoms with Crippen LogP contribution in [0.5, 0.6) is 0 Å². The van der Waals surface area contributed by atoms with Gasteiger partial charge in [-0.2, -0.15) is 13.2 Å². The van der Waals surface area contributed by atoms with Gasteiger partial charge in [-0.3, -0.25) is 4.79 Å². The average Bonchev–Trinajstić information content (AvgIpc) is 3.28. The Morgan fingerprint density at radius 1 is 1.15 bits per heavy atom. The molecule has 0 atom stereocenters. The number of carbonyl (C=O) groups is 1. The second-order valence-electron chi connectivity index (χ2n) is 9.08. The van der Waals surface area contributed by atoms with E-state index in [0.29, 0.717) is 16.9 Å². The van der Waals surface area contributed by atoms with E-state index >= 15 is 4.39 Å². The van der Waals surface area contributed by atoms with Gasteiger partial charge >= 0.3 is 12.1 Å². The molecule has 0 radical (unpaired) electrons. The number of hydrogen-bond donors (Lipinski definition) is 4. The van der Waals surface area contributed by atoms with Crippen molar-refractivity contribution in [2.24, 2.45) is 0 Å². The molecular weight excluding hydrogens is 541 g/mol. The summed E-state index contributed by atoms with van der Waals surface area (Å²) < 4.78 is 69.0. The number of nitrogens with zero attached hydrogens (tertiary/aromatic N) is 4. The molecule has 0 fully saturated rings. The van der Waals surface area contributed by atoms with Gasteiger partial charge in [-0.25, -0.2) is 28.2 Å². The Morgan fingerprint density at radius 2 is 1.88 bits per heavy atom. The van der Waals surface area contributed by atoms with Crippen molar-refractivity contribution >= 4 is 50.3 Å². The van der Waals surface area contributed by atoms with Gasteiger partial charge in [-0.1, -0.05) is 0 Å². The summed E-state index contributed by atoms with van der Waals surface area (Å²) in [5, 5.41) is 12.2. The average molecular weight is 561 g/mol. The molecule has 5 rings (SSSR count). The first kappa shape index (κ1) is 26.6. The summed E-state index contributed by atoms with van der Waals surface area (Å²) in [5.41, 5.74) is 1.74. The van der Waals surface area contributed by atoms with Crippen LogP contribution >= 0.6 is 0 Å². The minimum absolute atomic E-state index is 0.0713. The SMILES string of the molecule is CNc1cc(F)c(F)c2c1[nH]c1ncc(-c3cnc4c(c3)c(=O)c(C(=O)O)cn4NCC(F)(F)F)c(N(C)C)c12. The number of rotatable bonds is 6. The normalized spacial score (nSPS) is 11.9. The highest BCUT2D eigenvalue weighted by Crippen LogP contribution is 2.42. The molecule has 1 aromatic carbocycles. The fraction of sp³-hybridized carbons (Fsp3) is 0.200. The van der Waals surface area contributed by atoms with Crippen LogP contribution in [0.3, 0.4) is 0 Å². The summed E-state index contributed by atoms with van der Waals surface area (Å²) in [4.78, 5) is 37.8. The minimum Gasteiger partial charge on any atom is -0.477 e. The van der Waals surface area contributed by atoms with Crippen molar-refractivity contribution in [3.63, 3.8) is 0 Å². The summed E-state index contributed by atoms with van der Waals surface area (Å²) in [6.45, 7) is -1.52. The molecule has 40 heavy (non-hydrogen) atoms. The van der Waals surface area contributed by atoms with Crippen LogP contribution in [-0.4, -0.2) is 64.6 Å². The van der Waals surface area contributed by atoms with Crippen LogP contribution in [-0.2, 0) is 0 Å². The zero-order valence-electron chi connectivity index (χ0n) is 21.0. The quantitative estimate of drug-likeness (QED) is 0.226. The van der Waals surface area contributed by atoms with Crippen LogP contribution in [0, 0.1) is 11.6 Å². The van der Waals surface area contributed by atoms with Crippen LogP contribution in [0.4, 0.5) is 33.3 Å². The molecule has 0 aliphatic carbocycles. The van der Waals surface area contributed by atoms with Crippen molar-refractivity contribution in [3.05, 3.63) is 58.1 Å². The van der Waals surface area contributed by atoms with E-state index in [0.717, 1.165) is 16.9 Å². The summed E-state index contributed by atoms with van der Waals surface area (Å²) in [5.74, 6) is -3.84. The molecule has 0 spiro atoms. The standard InChI is InChI=1S/C25H20F5N7O3/c1-31-15-5-14(26)18(27)16-17-20(36(2)3)12(7-32-22(17)35-19(15)16)10-4-11-21(38)13(24(39)40)8-37(23(11)33-6-10)34-9-25(28,29)30/h4-8,31,34H,9H2,1-3H3,(H,32,35)(H,39,40). The molecule has 0 bridgehead atoms. The van der Waals surface area contributed by atoms with Gasteiger partial charge in [0.05, 0.1) is 33.1 Å². The maximum absolute atomic E-state index is 15.2. The summed E-state index contributed by atoms with van der Waals surface area (Å²) >= 11 is 0. The molecule has 4 heterocycles. The number of benzene rings is 1. The van der Waals surface area contributed by atoms with E-state index in [1.54, 1.807) is 26.0 Å². The van der Waals surface area contributed by atoms with E-state index < -0.39 is 41.3 Å². The van der Waals surface area contributed by atoms with Crippen LogP contribution in [0.15, 0.2) is 35.5 Å². The lowest BCUT2D eigenvalue weighted by Gasteiger charge is -2.20. The van der Waals surface area contributed by atoms with Crippen molar-refractivity contribution < 1.29 is 31.9 Å². The Hall–Kier alpha value is -4.95. The Bertz CT molecular complexity index is 1900. The monoisotopic (exact) mass is 561 g/mol. The first-order valence-electron chi connectivity index (χ1n) is 11.6. The third-order valence-electron chi connectivity index (χ3n) is 6.31. The van der Waals surface area contributed by atoms with Gasteiger partial charge in [0.1, 0.15) is 17.8 Å². The van der Waals surface area contributed by atoms with Gasteiger partial charge in [0.2, 0.25) is 5.43 Å². The zero-order valence-corrected chi connectivity index (χ0v) is 21.0. The van der Waals surface area contributed by atoms with E-state index in [2.05, 4.69) is 20.3 Å². The number of aromatic carboxylic acids is 1. The Morgan fingerprint density at radius 3 is 2.50 bits per heavy atom. The Balaban J connectivity index is 1.82. The number of alkyl halides is 3. The van der Waals surface area contributed by atoms with Gasteiger partial charge < -0.3 is 25.7 Å². The summed E-state index contributed by atoms with van der Waals surface area (Å²) in [6.07, 6.45) is -1.24. The maximum atomic E-state index is 15.2. The van der Waals surface area contributed by atoms with Crippen molar-refractivity contribution in [1.82, 2.24) is 19.6 Å². The molecule has 0 aliphatic heterocycles. The number of anilines is 2. The van der Waals surface area contributed by atoms with Crippen molar-refractivity contribution in [2.45, 2.75) is 6.18 Å². The van der Waals surface area contributed by atoms with Gasteiger partial charge in [-0.05, 0) is 6.07 Å². The third-order valence-corrected chi connectivity index (χ3v) is 6.31. The van der Waals surface area contributed by atoms with Crippen molar-refractivity contribution in [1.29, 1.82) is 0 Å². The lowest BCUT2D eigenvalue weighted by Crippen LogP contribution is -2.30. The molecule has 5 aromatic rings. The van der Waals surface area contributed by atoms with Crippen LogP contribution in [0.2, 0.25) is 0 Å². The molecule has 0 aliphatic rings. The topological polar surface area (TPSA) is 128 Å². The highest BCUT2D eigenvalue weighted by atomic mass is 19.4. The van der Waals surface area contributed by atoms with Crippen LogP contribution < -0.4 is 21.1 Å². The van der Waals surface area contributed by atoms with Gasteiger partial charge in [-0.15, -0.1) is 0 Å². The molecule has 0 unspecified atom stereocenters. The van der Waals surface area contributed by atoms with Crippen LogP contribution in [0.1, 0.15) is 10.4 Å². The molecule has 0 amide bonds. The number of carboxylic acids is 1. The molecule has 0 saturated carbocycles. The maximum Gasteiger partial charge on any atom is 0.407 e. The number of fused-ring (bicyclic) bond motifs is 4. The number of aromatic nitrogens is 4. The van der Waals surface area contributed by atoms with E-state index in [1.165, 1.54) is 18.5 Å². The second kappa shape index (κ2) is 9.36. The lowest BCUT2D eigenvalue weighted by atomic mass is 10.0. The van der Waals surface area contributed by atoms with E-state index in [1.807, 2.05) is 5.43 Å². The third kappa shape index (κ3) is 4.28. The molecule has 4 N–H and O–H groups in total. The predicted octanol–water partition coefficient (Wildman–Crippen LogP) is 4.28. The van der Waals surface area contributed by atoms with E-state index in [4.69, 9.17) is 0 Å². The lowest BCUT2D eigenvalue weighted by molar-refractivity contribution is -0.116. The predicted molar refractivity (Wildman–Crippen MR) is 140 cm³/mol. The summed E-state index contributed by atoms with van der Waals surface area (Å²) in [7, 11) is 4.85. The second-order valence-corrected chi connectivity index (χ2v) is 9.08. The zero-order chi connectivity index (χ0) is 29.1. The van der Waals surface area contributed by atoms with Crippen molar-refractivity contribution in [3.8, 4) is 11.1 Å². The fourth-order valence-electron chi connectivity index (χ4n) is 4.62. The Kier molecular flexibility index (Phi) is 6.23. The summed E-state index contributed by atoms with van der Waals surface area (Å²) in [6, 6.07) is 2.28. The molecule has 0 saturated heterocycles. The van der Waals surface area contributed by atoms with E-state index in [-0.39, 0.29) is 38.5 Å². The smallest absolute Gasteiger partial charge is 0.407 e. The van der Waals surface area contributed by atoms with Crippen LogP contribution in [0.25, 0.3) is 44.1 Å². The molecule has 4 aromatic heterocycles. The van der Waals surface area contributed by atoms with E-state index in [9.17, 15) is 32.3 Å². The number of halogens is 5. The Labute approximate surface area is 221 Å². The number of nitrogens with one attached hydrogen (secondary N) is 3. The first-order valence-corrected chi connectivity index (χ1v) is 11.6. The number of H-pyrrole nitrogens is 1. The molecule has 208 valence electrons. The van der Waals surface area contributed by atoms with Gasteiger partial charge in [0.25, 0.3) is 0 Å². The number of pyridine rings is 3.